The van der Waals surface area contributed by atoms with Crippen LogP contribution in [0.2, 0.25) is 0 Å². The summed E-state index contributed by atoms with van der Waals surface area (Å²) in [6.45, 7) is 4.29. The molecule has 0 N–H and O–H groups in total. The molecule has 0 spiro atoms. The fourth-order valence-electron chi connectivity index (χ4n) is 1.38. The highest BCUT2D eigenvalue weighted by molar-refractivity contribution is 7.90. The van der Waals surface area contributed by atoms with E-state index in [0.717, 1.165) is 39.3 Å². The molecule has 0 aliphatic carbocycles. The Bertz CT molecular complexity index is 232. The van der Waals surface area contributed by atoms with E-state index in [0.29, 0.717) is 5.75 Å². The van der Waals surface area contributed by atoms with Crippen molar-refractivity contribution in [2.24, 2.45) is 0 Å². The largest absolute Gasteiger partial charge is 0.379 e. The fraction of sp³-hybridized carbons (Fsp3) is 1.00. The molecule has 0 aromatic rings. The van der Waals surface area contributed by atoms with E-state index >= 15 is 0 Å². The summed E-state index contributed by atoms with van der Waals surface area (Å²) in [5, 5.41) is 0. The van der Waals surface area contributed by atoms with Crippen LogP contribution in [0.3, 0.4) is 0 Å². The SMILES string of the molecule is CS(=O)(=O)CCCN1CCOCC1. The monoisotopic (exact) mass is 207 g/mol. The van der Waals surface area contributed by atoms with Gasteiger partial charge in [0.1, 0.15) is 9.84 Å². The molecule has 1 rings (SSSR count). The second kappa shape index (κ2) is 4.93. The molecular formula is C8H17NO3S. The highest BCUT2D eigenvalue weighted by atomic mass is 32.2. The molecule has 0 aromatic heterocycles. The third-order valence-electron chi connectivity index (χ3n) is 2.09. The molecule has 0 radical (unpaired) electrons. The van der Waals surface area contributed by atoms with Crippen LogP contribution in [0, 0.1) is 0 Å². The van der Waals surface area contributed by atoms with E-state index in [4.69, 9.17) is 4.74 Å². The van der Waals surface area contributed by atoms with Gasteiger partial charge in [-0.1, -0.05) is 0 Å². The Morgan fingerprint density at radius 2 is 1.92 bits per heavy atom. The summed E-state index contributed by atoms with van der Waals surface area (Å²) in [6, 6.07) is 0. The van der Waals surface area contributed by atoms with E-state index in [-0.39, 0.29) is 0 Å². The van der Waals surface area contributed by atoms with Crippen LogP contribution < -0.4 is 0 Å². The van der Waals surface area contributed by atoms with Gasteiger partial charge >= 0.3 is 0 Å². The topological polar surface area (TPSA) is 46.6 Å². The second-order valence-electron chi connectivity index (χ2n) is 3.44. The zero-order valence-corrected chi connectivity index (χ0v) is 8.85. The molecule has 0 bridgehead atoms. The summed E-state index contributed by atoms with van der Waals surface area (Å²) < 4.78 is 26.8. The van der Waals surface area contributed by atoms with Crippen molar-refractivity contribution in [3.05, 3.63) is 0 Å². The van der Waals surface area contributed by atoms with Gasteiger partial charge in [-0.05, 0) is 13.0 Å². The predicted molar refractivity (Wildman–Crippen MR) is 51.6 cm³/mol. The minimum absolute atomic E-state index is 0.296. The first-order valence-electron chi connectivity index (χ1n) is 4.56. The van der Waals surface area contributed by atoms with Gasteiger partial charge in [0.25, 0.3) is 0 Å². The maximum absolute atomic E-state index is 10.8. The standard InChI is InChI=1S/C8H17NO3S/c1-13(10,11)8-2-3-9-4-6-12-7-5-9/h2-8H2,1H3. The van der Waals surface area contributed by atoms with E-state index in [2.05, 4.69) is 4.90 Å². The Morgan fingerprint density at radius 1 is 1.31 bits per heavy atom. The summed E-state index contributed by atoms with van der Waals surface area (Å²) in [5.41, 5.74) is 0. The molecule has 0 aromatic carbocycles. The molecule has 0 atom stereocenters. The summed E-state index contributed by atoms with van der Waals surface area (Å²) >= 11 is 0. The van der Waals surface area contributed by atoms with Gasteiger partial charge in [0.05, 0.1) is 19.0 Å². The smallest absolute Gasteiger partial charge is 0.147 e. The lowest BCUT2D eigenvalue weighted by molar-refractivity contribution is 0.0381. The van der Waals surface area contributed by atoms with E-state index < -0.39 is 9.84 Å². The van der Waals surface area contributed by atoms with Gasteiger partial charge in [-0.25, -0.2) is 8.42 Å². The second-order valence-corrected chi connectivity index (χ2v) is 5.70. The lowest BCUT2D eigenvalue weighted by Gasteiger charge is -2.26. The maximum atomic E-state index is 10.8. The molecule has 0 saturated carbocycles. The van der Waals surface area contributed by atoms with Gasteiger partial charge in [-0.3, -0.25) is 4.90 Å². The number of hydrogen-bond acceptors (Lipinski definition) is 4. The normalized spacial score (nSPS) is 20.4. The highest BCUT2D eigenvalue weighted by Gasteiger charge is 2.10. The van der Waals surface area contributed by atoms with Crippen LogP contribution in [0.4, 0.5) is 0 Å². The minimum Gasteiger partial charge on any atom is -0.379 e. The molecule has 1 saturated heterocycles. The number of rotatable bonds is 4. The van der Waals surface area contributed by atoms with E-state index in [1.54, 1.807) is 0 Å². The third-order valence-corrected chi connectivity index (χ3v) is 3.12. The minimum atomic E-state index is -2.78. The van der Waals surface area contributed by atoms with Crippen molar-refractivity contribution in [3.63, 3.8) is 0 Å². The molecule has 5 heteroatoms. The number of morpholine rings is 1. The van der Waals surface area contributed by atoms with Gasteiger partial charge in [0, 0.05) is 19.3 Å². The predicted octanol–water partition coefficient (Wildman–Crippen LogP) is -0.247. The van der Waals surface area contributed by atoms with Gasteiger partial charge in [0.15, 0.2) is 0 Å². The van der Waals surface area contributed by atoms with Crippen molar-refractivity contribution >= 4 is 9.84 Å². The van der Waals surface area contributed by atoms with Crippen molar-refractivity contribution in [2.75, 3.05) is 44.9 Å². The molecule has 1 aliphatic rings. The average molecular weight is 207 g/mol. The van der Waals surface area contributed by atoms with Crippen molar-refractivity contribution in [1.29, 1.82) is 0 Å². The lowest BCUT2D eigenvalue weighted by atomic mass is 10.4. The van der Waals surface area contributed by atoms with Crippen LogP contribution in [-0.4, -0.2) is 58.2 Å². The van der Waals surface area contributed by atoms with Crippen molar-refractivity contribution in [3.8, 4) is 0 Å². The van der Waals surface area contributed by atoms with Crippen LogP contribution >= 0.6 is 0 Å². The molecule has 13 heavy (non-hydrogen) atoms. The summed E-state index contributed by atoms with van der Waals surface area (Å²) in [4.78, 5) is 2.24. The fourth-order valence-corrected chi connectivity index (χ4v) is 2.03. The van der Waals surface area contributed by atoms with Crippen molar-refractivity contribution < 1.29 is 13.2 Å². The maximum Gasteiger partial charge on any atom is 0.147 e. The third kappa shape index (κ3) is 5.23. The number of sulfone groups is 1. The van der Waals surface area contributed by atoms with Crippen molar-refractivity contribution in [2.45, 2.75) is 6.42 Å². The molecular weight excluding hydrogens is 190 g/mol. The molecule has 1 fully saturated rings. The Labute approximate surface area is 79.8 Å². The molecule has 78 valence electrons. The van der Waals surface area contributed by atoms with Crippen LogP contribution in [0.5, 0.6) is 0 Å². The van der Waals surface area contributed by atoms with E-state index in [1.165, 1.54) is 6.26 Å². The molecule has 0 unspecified atom stereocenters. The zero-order valence-electron chi connectivity index (χ0n) is 8.03. The summed E-state index contributed by atoms with van der Waals surface area (Å²) in [6.07, 6.45) is 2.02. The van der Waals surface area contributed by atoms with E-state index in [9.17, 15) is 8.42 Å². The molecule has 1 heterocycles. The number of nitrogens with zero attached hydrogens (tertiary/aromatic N) is 1. The Kier molecular flexibility index (Phi) is 4.15. The Hall–Kier alpha value is -0.130. The number of hydrogen-bond donors (Lipinski definition) is 0. The quantitative estimate of drug-likeness (QED) is 0.638. The van der Waals surface area contributed by atoms with Crippen LogP contribution in [0.1, 0.15) is 6.42 Å². The first-order valence-corrected chi connectivity index (χ1v) is 6.62. The van der Waals surface area contributed by atoms with Crippen LogP contribution in [-0.2, 0) is 14.6 Å². The Morgan fingerprint density at radius 3 is 2.46 bits per heavy atom. The zero-order chi connectivity index (χ0) is 9.73. The van der Waals surface area contributed by atoms with Crippen LogP contribution in [0.15, 0.2) is 0 Å². The van der Waals surface area contributed by atoms with Gasteiger partial charge in [-0.2, -0.15) is 0 Å². The average Bonchev–Trinajstić information content (AvgIpc) is 2.04. The van der Waals surface area contributed by atoms with Gasteiger partial charge < -0.3 is 4.74 Å². The molecule has 4 nitrogen and oxygen atoms in total. The first-order chi connectivity index (χ1) is 6.08. The van der Waals surface area contributed by atoms with Crippen LogP contribution in [0.25, 0.3) is 0 Å². The van der Waals surface area contributed by atoms with Gasteiger partial charge in [-0.15, -0.1) is 0 Å². The van der Waals surface area contributed by atoms with Gasteiger partial charge in [0.2, 0.25) is 0 Å². The van der Waals surface area contributed by atoms with E-state index in [1.807, 2.05) is 0 Å². The highest BCUT2D eigenvalue weighted by Crippen LogP contribution is 1.99. The van der Waals surface area contributed by atoms with Crippen molar-refractivity contribution in [1.82, 2.24) is 4.90 Å². The summed E-state index contributed by atoms with van der Waals surface area (Å²) in [5.74, 6) is 0.296. The molecule has 0 amide bonds. The summed E-state index contributed by atoms with van der Waals surface area (Å²) in [7, 11) is -2.78. The number of ether oxygens (including phenoxy) is 1. The Balaban J connectivity index is 2.11. The molecule has 1 aliphatic heterocycles. The lowest BCUT2D eigenvalue weighted by Crippen LogP contribution is -2.37. The first kappa shape index (κ1) is 10.9.